The van der Waals surface area contributed by atoms with E-state index in [-0.39, 0.29) is 22.3 Å². The molecule has 2 aliphatic carbocycles. The molecule has 0 saturated carbocycles. The van der Waals surface area contributed by atoms with Gasteiger partial charge in [-0.15, -0.1) is 0 Å². The van der Waals surface area contributed by atoms with Crippen LogP contribution in [0.1, 0.15) is 22.3 Å². The second-order valence-electron chi connectivity index (χ2n) is 6.11. The molecule has 0 heterocycles. The fraction of sp³-hybridized carbons (Fsp3) is 0.250. The molecule has 2 atom stereocenters. The highest BCUT2D eigenvalue weighted by molar-refractivity contribution is 5.49. The zero-order chi connectivity index (χ0) is 17.4. The lowest BCUT2D eigenvalue weighted by Gasteiger charge is -2.54. The van der Waals surface area contributed by atoms with Gasteiger partial charge in [-0.25, -0.2) is 10.9 Å². The zero-order valence-electron chi connectivity index (χ0n) is 12.3. The first-order chi connectivity index (χ1) is 11.2. The molecule has 0 bridgehead atoms. The predicted octanol–water partition coefficient (Wildman–Crippen LogP) is -1.93. The molecule has 2 aromatic carbocycles. The first-order valence-corrected chi connectivity index (χ1v) is 7.25. The molecule has 0 radical (unpaired) electrons. The molecule has 0 spiro atoms. The summed E-state index contributed by atoms with van der Waals surface area (Å²) in [7, 11) is 0. The minimum Gasteiger partial charge on any atom is -0.366 e. The molecule has 0 aliphatic heterocycles. The number of benzene rings is 2. The third kappa shape index (κ3) is 1.54. The second-order valence-corrected chi connectivity index (χ2v) is 6.11. The Kier molecular flexibility index (Phi) is 2.86. The van der Waals surface area contributed by atoms with Crippen molar-refractivity contribution in [3.8, 4) is 0 Å². The van der Waals surface area contributed by atoms with Crippen molar-refractivity contribution in [3.05, 3.63) is 70.8 Å². The van der Waals surface area contributed by atoms with Crippen LogP contribution in [0, 0.1) is 0 Å². The maximum Gasteiger partial charge on any atom is 0.240 e. The van der Waals surface area contributed by atoms with E-state index in [2.05, 4.69) is 10.9 Å². The number of hydrazine groups is 1. The minimum absolute atomic E-state index is 0.0991. The molecule has 8 nitrogen and oxygen atoms in total. The van der Waals surface area contributed by atoms with E-state index < -0.39 is 23.0 Å². The monoisotopic (exact) mass is 332 g/mol. The lowest BCUT2D eigenvalue weighted by molar-refractivity contribution is -0.363. The number of fused-ring (bicyclic) bond motifs is 2. The SMILES string of the molecule is OC1(O)c2ccccc2[C@@]1(O)NN[C@]1(O)c2ccccc2C1(O)O. The highest BCUT2D eigenvalue weighted by Crippen LogP contribution is 2.52. The van der Waals surface area contributed by atoms with Crippen LogP contribution in [0.25, 0.3) is 0 Å². The Morgan fingerprint density at radius 1 is 0.500 bits per heavy atom. The zero-order valence-corrected chi connectivity index (χ0v) is 12.3. The van der Waals surface area contributed by atoms with Gasteiger partial charge >= 0.3 is 0 Å². The molecular formula is C16H16N2O6. The van der Waals surface area contributed by atoms with Crippen molar-refractivity contribution in [2.24, 2.45) is 0 Å². The topological polar surface area (TPSA) is 145 Å². The van der Waals surface area contributed by atoms with Crippen molar-refractivity contribution < 1.29 is 30.6 Å². The number of rotatable bonds is 3. The van der Waals surface area contributed by atoms with Gasteiger partial charge < -0.3 is 30.6 Å². The Hall–Kier alpha value is -1.88. The average molecular weight is 332 g/mol. The highest BCUT2D eigenvalue weighted by Gasteiger charge is 2.66. The van der Waals surface area contributed by atoms with Crippen molar-refractivity contribution >= 4 is 0 Å². The molecular weight excluding hydrogens is 316 g/mol. The fourth-order valence-corrected chi connectivity index (χ4v) is 3.34. The van der Waals surface area contributed by atoms with Crippen molar-refractivity contribution in [3.63, 3.8) is 0 Å². The Labute approximate surface area is 136 Å². The first-order valence-electron chi connectivity index (χ1n) is 7.25. The Morgan fingerprint density at radius 2 is 0.792 bits per heavy atom. The third-order valence-corrected chi connectivity index (χ3v) is 4.82. The van der Waals surface area contributed by atoms with Crippen LogP contribution in [0.3, 0.4) is 0 Å². The van der Waals surface area contributed by atoms with E-state index in [1.54, 1.807) is 24.3 Å². The van der Waals surface area contributed by atoms with Crippen LogP contribution in [0.5, 0.6) is 0 Å². The molecule has 0 fully saturated rings. The van der Waals surface area contributed by atoms with E-state index in [9.17, 15) is 30.6 Å². The maximum atomic E-state index is 10.5. The number of aliphatic hydroxyl groups is 6. The molecule has 8 N–H and O–H groups in total. The van der Waals surface area contributed by atoms with Crippen LogP contribution >= 0.6 is 0 Å². The van der Waals surface area contributed by atoms with Crippen molar-refractivity contribution in [1.82, 2.24) is 10.9 Å². The summed E-state index contributed by atoms with van der Waals surface area (Å²) in [4.78, 5) is 0. The summed E-state index contributed by atoms with van der Waals surface area (Å²) in [6.45, 7) is 0. The molecule has 8 heteroatoms. The minimum atomic E-state index is -2.62. The molecule has 2 aliphatic rings. The molecule has 0 saturated heterocycles. The molecule has 0 amide bonds. The summed E-state index contributed by atoms with van der Waals surface area (Å²) >= 11 is 0. The maximum absolute atomic E-state index is 10.5. The fourth-order valence-electron chi connectivity index (χ4n) is 3.34. The Balaban J connectivity index is 1.65. The molecule has 126 valence electrons. The lowest BCUT2D eigenvalue weighted by atomic mass is 9.72. The van der Waals surface area contributed by atoms with E-state index in [1.165, 1.54) is 24.3 Å². The van der Waals surface area contributed by atoms with E-state index >= 15 is 0 Å². The molecule has 0 aromatic heterocycles. The van der Waals surface area contributed by atoms with Gasteiger partial charge in [-0.05, 0) is 0 Å². The van der Waals surface area contributed by atoms with Gasteiger partial charge in [0.15, 0.2) is 0 Å². The van der Waals surface area contributed by atoms with Gasteiger partial charge in [0.1, 0.15) is 0 Å². The van der Waals surface area contributed by atoms with Gasteiger partial charge in [-0.3, -0.25) is 0 Å². The number of hydrogen-bond donors (Lipinski definition) is 8. The first kappa shape index (κ1) is 15.6. The van der Waals surface area contributed by atoms with E-state index in [0.717, 1.165) is 0 Å². The summed E-state index contributed by atoms with van der Waals surface area (Å²) in [5, 5.41) is 61.5. The van der Waals surface area contributed by atoms with Crippen LogP contribution in [0.2, 0.25) is 0 Å². The second kappa shape index (κ2) is 4.39. The molecule has 2 aromatic rings. The van der Waals surface area contributed by atoms with E-state index in [0.29, 0.717) is 0 Å². The summed E-state index contributed by atoms with van der Waals surface area (Å²) < 4.78 is 0. The Morgan fingerprint density at radius 3 is 1.12 bits per heavy atom. The summed E-state index contributed by atoms with van der Waals surface area (Å²) in [5.41, 5.74) is 0.298. The van der Waals surface area contributed by atoms with Crippen LogP contribution in [0.15, 0.2) is 48.5 Å². The van der Waals surface area contributed by atoms with Crippen molar-refractivity contribution in [2.75, 3.05) is 0 Å². The largest absolute Gasteiger partial charge is 0.366 e. The van der Waals surface area contributed by atoms with Crippen LogP contribution in [0.4, 0.5) is 0 Å². The highest BCUT2D eigenvalue weighted by atomic mass is 16.6. The Bertz CT molecular complexity index is 769. The van der Waals surface area contributed by atoms with E-state index in [4.69, 9.17) is 0 Å². The lowest BCUT2D eigenvalue weighted by Crippen LogP contribution is -2.76. The normalized spacial score (nSPS) is 31.4. The van der Waals surface area contributed by atoms with Gasteiger partial charge in [-0.2, -0.15) is 0 Å². The van der Waals surface area contributed by atoms with Gasteiger partial charge in [-0.1, -0.05) is 48.5 Å². The quantitative estimate of drug-likeness (QED) is 0.240. The summed E-state index contributed by atoms with van der Waals surface area (Å²) in [6, 6.07) is 12.1. The van der Waals surface area contributed by atoms with Gasteiger partial charge in [0.25, 0.3) is 0 Å². The van der Waals surface area contributed by atoms with Gasteiger partial charge in [0.05, 0.1) is 0 Å². The number of hydrogen-bond acceptors (Lipinski definition) is 8. The van der Waals surface area contributed by atoms with Crippen LogP contribution < -0.4 is 10.9 Å². The van der Waals surface area contributed by atoms with Crippen molar-refractivity contribution in [2.45, 2.75) is 23.0 Å². The molecule has 4 rings (SSSR count). The third-order valence-electron chi connectivity index (χ3n) is 4.82. The summed E-state index contributed by atoms with van der Waals surface area (Å²) in [6.07, 6.45) is 0. The van der Waals surface area contributed by atoms with Gasteiger partial charge in [0, 0.05) is 22.3 Å². The van der Waals surface area contributed by atoms with Crippen molar-refractivity contribution in [1.29, 1.82) is 0 Å². The van der Waals surface area contributed by atoms with Crippen LogP contribution in [-0.4, -0.2) is 30.6 Å². The molecule has 24 heavy (non-hydrogen) atoms. The van der Waals surface area contributed by atoms with Gasteiger partial charge in [0.2, 0.25) is 23.0 Å². The standard InChI is InChI=1S/C16H16N2O6/c19-13(9-5-1-3-7-11(9)15(13,21)22)17-18-14(20)10-6-2-4-8-12(10)16(14,23)24/h1-8,17-24H/t13-,14-/m0/s1. The smallest absolute Gasteiger partial charge is 0.240 e. The number of nitrogens with one attached hydrogen (secondary N) is 2. The molecule has 0 unspecified atom stereocenters. The predicted molar refractivity (Wildman–Crippen MR) is 79.2 cm³/mol. The van der Waals surface area contributed by atoms with Crippen LogP contribution in [-0.2, 0) is 23.0 Å². The van der Waals surface area contributed by atoms with E-state index in [1.807, 2.05) is 0 Å². The summed E-state index contributed by atoms with van der Waals surface area (Å²) in [5.74, 6) is -5.24. The average Bonchev–Trinajstić information content (AvgIpc) is 2.59.